The highest BCUT2D eigenvalue weighted by molar-refractivity contribution is 5.81. The van der Waals surface area contributed by atoms with Gasteiger partial charge < -0.3 is 9.42 Å². The first-order valence-electron chi connectivity index (χ1n) is 7.52. The Morgan fingerprint density at radius 3 is 2.76 bits per heavy atom. The maximum atomic E-state index is 12.3. The summed E-state index contributed by atoms with van der Waals surface area (Å²) in [4.78, 5) is 18.7. The number of carbonyl (C=O) groups is 1. The second-order valence-corrected chi connectivity index (χ2v) is 5.79. The zero-order chi connectivity index (χ0) is 14.2. The highest BCUT2D eigenvalue weighted by atomic mass is 16.5. The highest BCUT2D eigenvalue weighted by Crippen LogP contribution is 2.38. The van der Waals surface area contributed by atoms with E-state index in [0.717, 1.165) is 37.8 Å². The van der Waals surface area contributed by atoms with Crippen LogP contribution < -0.4 is 0 Å². The van der Waals surface area contributed by atoms with Gasteiger partial charge in [-0.25, -0.2) is 0 Å². The van der Waals surface area contributed by atoms with Crippen LogP contribution >= 0.6 is 0 Å². The smallest absolute Gasteiger partial charge is 0.249 e. The van der Waals surface area contributed by atoms with Gasteiger partial charge in [0.1, 0.15) is 6.04 Å². The highest BCUT2D eigenvalue weighted by Gasteiger charge is 2.40. The van der Waals surface area contributed by atoms with Gasteiger partial charge >= 0.3 is 0 Å². The molecule has 1 aliphatic carbocycles. The van der Waals surface area contributed by atoms with Crippen LogP contribution in [-0.2, 0) is 4.79 Å². The molecule has 2 fully saturated rings. The van der Waals surface area contributed by atoms with Gasteiger partial charge in [0.05, 0.1) is 0 Å². The van der Waals surface area contributed by atoms with E-state index in [1.807, 2.05) is 35.2 Å². The van der Waals surface area contributed by atoms with Gasteiger partial charge in [0.15, 0.2) is 0 Å². The zero-order valence-electron chi connectivity index (χ0n) is 11.7. The van der Waals surface area contributed by atoms with Crippen molar-refractivity contribution in [3.63, 3.8) is 0 Å². The molecule has 1 saturated carbocycles. The van der Waals surface area contributed by atoms with Crippen molar-refractivity contribution in [3.05, 3.63) is 36.2 Å². The largest absolute Gasteiger partial charge is 0.337 e. The molecule has 1 aromatic heterocycles. The summed E-state index contributed by atoms with van der Waals surface area (Å²) in [6, 6.07) is 9.72. The fourth-order valence-corrected chi connectivity index (χ4v) is 2.93. The summed E-state index contributed by atoms with van der Waals surface area (Å²) < 4.78 is 5.43. The van der Waals surface area contributed by atoms with E-state index < -0.39 is 0 Å². The van der Waals surface area contributed by atoms with Crippen molar-refractivity contribution in [1.82, 2.24) is 15.0 Å². The number of benzene rings is 1. The molecule has 1 amide bonds. The van der Waals surface area contributed by atoms with Crippen LogP contribution in [0.3, 0.4) is 0 Å². The van der Waals surface area contributed by atoms with Crippen LogP contribution in [0.1, 0.15) is 37.6 Å². The third kappa shape index (κ3) is 2.33. The first-order valence-corrected chi connectivity index (χ1v) is 7.52. The summed E-state index contributed by atoms with van der Waals surface area (Å²) in [5, 5.41) is 4.06. The Bertz CT molecular complexity index is 649. The van der Waals surface area contributed by atoms with Gasteiger partial charge in [-0.05, 0) is 25.7 Å². The fourth-order valence-electron chi connectivity index (χ4n) is 2.93. The number of carbonyl (C=O) groups excluding carboxylic acids is 1. The summed E-state index contributed by atoms with van der Waals surface area (Å²) in [6.45, 7) is 0.809. The van der Waals surface area contributed by atoms with E-state index >= 15 is 0 Å². The first-order chi connectivity index (χ1) is 10.3. The van der Waals surface area contributed by atoms with E-state index in [4.69, 9.17) is 4.52 Å². The molecule has 4 rings (SSSR count). The van der Waals surface area contributed by atoms with Crippen LogP contribution in [0.15, 0.2) is 34.9 Å². The molecule has 2 aromatic rings. The van der Waals surface area contributed by atoms with Crippen LogP contribution in [-0.4, -0.2) is 27.5 Å². The number of amides is 1. The van der Waals surface area contributed by atoms with Crippen molar-refractivity contribution >= 4 is 5.91 Å². The molecule has 1 aliphatic heterocycles. The maximum Gasteiger partial charge on any atom is 0.249 e. The second-order valence-electron chi connectivity index (χ2n) is 5.79. The molecule has 2 aliphatic rings. The van der Waals surface area contributed by atoms with Gasteiger partial charge in [0.25, 0.3) is 0 Å². The van der Waals surface area contributed by atoms with Crippen LogP contribution in [0.2, 0.25) is 0 Å². The monoisotopic (exact) mass is 283 g/mol. The molecule has 5 heteroatoms. The Kier molecular flexibility index (Phi) is 2.98. The maximum absolute atomic E-state index is 12.3. The molecule has 0 spiro atoms. The number of hydrogen-bond donors (Lipinski definition) is 0. The fraction of sp³-hybridized carbons (Fsp3) is 0.438. The topological polar surface area (TPSA) is 59.2 Å². The standard InChI is InChI=1S/C16H17N3O2/c20-16(12-8-9-12)19-10-4-7-13(19)15-17-14(18-21-15)11-5-2-1-3-6-11/h1-3,5-6,12-13H,4,7-10H2/t13-/m0/s1. The lowest BCUT2D eigenvalue weighted by atomic mass is 10.2. The zero-order valence-corrected chi connectivity index (χ0v) is 11.7. The molecule has 0 radical (unpaired) electrons. The number of hydrogen-bond acceptors (Lipinski definition) is 4. The molecular weight excluding hydrogens is 266 g/mol. The van der Waals surface area contributed by atoms with Crippen molar-refractivity contribution in [1.29, 1.82) is 0 Å². The average Bonchev–Trinajstić information content (AvgIpc) is 3.07. The van der Waals surface area contributed by atoms with Crippen LogP contribution in [0.25, 0.3) is 11.4 Å². The third-order valence-corrected chi connectivity index (χ3v) is 4.22. The van der Waals surface area contributed by atoms with Crippen molar-refractivity contribution in [3.8, 4) is 11.4 Å². The molecular formula is C16H17N3O2. The predicted molar refractivity (Wildman–Crippen MR) is 76.1 cm³/mol. The number of aromatic nitrogens is 2. The lowest BCUT2D eigenvalue weighted by Crippen LogP contribution is -2.31. The summed E-state index contributed by atoms with van der Waals surface area (Å²) in [7, 11) is 0. The Labute approximate surface area is 123 Å². The summed E-state index contributed by atoms with van der Waals surface area (Å²) in [6.07, 6.45) is 3.98. The average molecular weight is 283 g/mol. The first kappa shape index (κ1) is 12.6. The van der Waals surface area contributed by atoms with Crippen LogP contribution in [0.5, 0.6) is 0 Å². The summed E-state index contributed by atoms with van der Waals surface area (Å²) >= 11 is 0. The van der Waals surface area contributed by atoms with Gasteiger partial charge in [0, 0.05) is 18.0 Å². The Balaban J connectivity index is 1.58. The van der Waals surface area contributed by atoms with Crippen molar-refractivity contribution in [2.45, 2.75) is 31.7 Å². The minimum Gasteiger partial charge on any atom is -0.337 e. The van der Waals surface area contributed by atoms with Crippen LogP contribution in [0.4, 0.5) is 0 Å². The van der Waals surface area contributed by atoms with E-state index in [9.17, 15) is 4.79 Å². The number of likely N-dealkylation sites (tertiary alicyclic amines) is 1. The Morgan fingerprint density at radius 2 is 2.00 bits per heavy atom. The Morgan fingerprint density at radius 1 is 1.19 bits per heavy atom. The van der Waals surface area contributed by atoms with Gasteiger partial charge in [-0.1, -0.05) is 35.5 Å². The normalized spacial score (nSPS) is 21.7. The van der Waals surface area contributed by atoms with Gasteiger partial charge in [-0.3, -0.25) is 4.79 Å². The lowest BCUT2D eigenvalue weighted by molar-refractivity contribution is -0.133. The second kappa shape index (κ2) is 4.98. The molecule has 1 atom stereocenters. The summed E-state index contributed by atoms with van der Waals surface area (Å²) in [5.74, 6) is 1.66. The van der Waals surface area contributed by atoms with E-state index in [0.29, 0.717) is 11.7 Å². The van der Waals surface area contributed by atoms with Gasteiger partial charge in [-0.15, -0.1) is 0 Å². The van der Waals surface area contributed by atoms with Crippen molar-refractivity contribution < 1.29 is 9.32 Å². The predicted octanol–water partition coefficient (Wildman–Crippen LogP) is 2.81. The van der Waals surface area contributed by atoms with Crippen molar-refractivity contribution in [2.24, 2.45) is 5.92 Å². The molecule has 1 saturated heterocycles. The number of nitrogens with zero attached hydrogens (tertiary/aromatic N) is 3. The molecule has 108 valence electrons. The summed E-state index contributed by atoms with van der Waals surface area (Å²) in [5.41, 5.74) is 0.936. The number of rotatable bonds is 3. The van der Waals surface area contributed by atoms with Crippen LogP contribution in [0, 0.1) is 5.92 Å². The molecule has 0 unspecified atom stereocenters. The van der Waals surface area contributed by atoms with E-state index in [1.165, 1.54) is 0 Å². The van der Waals surface area contributed by atoms with E-state index in [1.54, 1.807) is 0 Å². The SMILES string of the molecule is O=C(C1CC1)N1CCC[C@H]1c1nc(-c2ccccc2)no1. The molecule has 5 nitrogen and oxygen atoms in total. The quantitative estimate of drug-likeness (QED) is 0.869. The van der Waals surface area contributed by atoms with Gasteiger partial charge in [0.2, 0.25) is 17.6 Å². The minimum atomic E-state index is -0.0388. The lowest BCUT2D eigenvalue weighted by Gasteiger charge is -2.21. The molecule has 1 aromatic carbocycles. The molecule has 21 heavy (non-hydrogen) atoms. The molecule has 0 bridgehead atoms. The Hall–Kier alpha value is -2.17. The van der Waals surface area contributed by atoms with Gasteiger partial charge in [-0.2, -0.15) is 4.98 Å². The van der Waals surface area contributed by atoms with Crippen molar-refractivity contribution in [2.75, 3.05) is 6.54 Å². The van der Waals surface area contributed by atoms with E-state index in [2.05, 4.69) is 10.1 Å². The van der Waals surface area contributed by atoms with E-state index in [-0.39, 0.29) is 17.9 Å². The molecule has 2 heterocycles. The third-order valence-electron chi connectivity index (χ3n) is 4.22. The minimum absolute atomic E-state index is 0.0388. The molecule has 0 N–H and O–H groups in total.